The molecule has 1 fully saturated rings. The van der Waals surface area contributed by atoms with Crippen LogP contribution in [0.4, 0.5) is 4.39 Å². The van der Waals surface area contributed by atoms with Crippen molar-refractivity contribution in [3.05, 3.63) is 66.4 Å². The summed E-state index contributed by atoms with van der Waals surface area (Å²) in [5.41, 5.74) is 4.02. The number of aromatic amines is 1. The van der Waals surface area contributed by atoms with Crippen molar-refractivity contribution >= 4 is 21.1 Å². The number of hydrogen-bond acceptors (Lipinski definition) is 4. The summed E-state index contributed by atoms with van der Waals surface area (Å²) in [5.74, 6) is -0.231. The third-order valence-electron chi connectivity index (χ3n) is 6.21. The van der Waals surface area contributed by atoms with E-state index in [4.69, 9.17) is 4.98 Å². The van der Waals surface area contributed by atoms with Gasteiger partial charge in [0.25, 0.3) is 0 Å². The monoisotopic (exact) mass is 453 g/mol. The Kier molecular flexibility index (Phi) is 5.10. The van der Waals surface area contributed by atoms with Crippen LogP contribution in [0.3, 0.4) is 0 Å². The lowest BCUT2D eigenvalue weighted by Crippen LogP contribution is -2.34. The van der Waals surface area contributed by atoms with Crippen molar-refractivity contribution in [3.63, 3.8) is 0 Å². The number of halogens is 1. The van der Waals surface area contributed by atoms with Gasteiger partial charge in [-0.25, -0.2) is 17.8 Å². The van der Waals surface area contributed by atoms with Crippen LogP contribution in [0.15, 0.2) is 59.9 Å². The quantitative estimate of drug-likeness (QED) is 0.496. The van der Waals surface area contributed by atoms with Gasteiger partial charge in [-0.1, -0.05) is 0 Å². The molecule has 9 heteroatoms. The molecule has 0 amide bonds. The summed E-state index contributed by atoms with van der Waals surface area (Å²) in [5, 5.41) is 6.77. The maximum atomic E-state index is 13.6. The third-order valence-corrected chi connectivity index (χ3v) is 8.19. The molecule has 0 spiro atoms. The van der Waals surface area contributed by atoms with Gasteiger partial charge >= 0.3 is 0 Å². The molecule has 3 aromatic heterocycles. The van der Waals surface area contributed by atoms with Crippen molar-refractivity contribution < 1.29 is 12.8 Å². The number of aryl methyl sites for hydroxylation is 1. The Morgan fingerprint density at radius 2 is 2.06 bits per heavy atom. The first-order chi connectivity index (χ1) is 15.3. The average molecular weight is 454 g/mol. The zero-order chi connectivity index (χ0) is 22.5. The summed E-state index contributed by atoms with van der Waals surface area (Å²) in [6.07, 6.45) is 6.31. The first kappa shape index (κ1) is 20.8. The Morgan fingerprint density at radius 3 is 2.81 bits per heavy atom. The minimum Gasteiger partial charge on any atom is -0.346 e. The van der Waals surface area contributed by atoms with Gasteiger partial charge < -0.3 is 4.57 Å². The predicted molar refractivity (Wildman–Crippen MR) is 120 cm³/mol. The van der Waals surface area contributed by atoms with Gasteiger partial charge in [-0.05, 0) is 68.1 Å². The number of aromatic nitrogens is 4. The van der Waals surface area contributed by atoms with Crippen molar-refractivity contribution in [2.24, 2.45) is 5.92 Å². The number of nitrogens with zero attached hydrogens (tertiary/aromatic N) is 4. The van der Waals surface area contributed by atoms with Crippen molar-refractivity contribution in [2.45, 2.75) is 37.8 Å². The maximum Gasteiger partial charge on any atom is 0.243 e. The highest BCUT2D eigenvalue weighted by atomic mass is 32.2. The van der Waals surface area contributed by atoms with E-state index in [1.54, 1.807) is 17.4 Å². The Labute approximate surface area is 185 Å². The minimum absolute atomic E-state index is 0.122. The Bertz CT molecular complexity index is 1380. The lowest BCUT2D eigenvalue weighted by Gasteiger charge is -2.21. The Morgan fingerprint density at radius 1 is 1.22 bits per heavy atom. The van der Waals surface area contributed by atoms with E-state index < -0.39 is 15.8 Å². The molecule has 0 radical (unpaired) electrons. The fourth-order valence-corrected chi connectivity index (χ4v) is 6.36. The predicted octanol–water partition coefficient (Wildman–Crippen LogP) is 3.97. The van der Waals surface area contributed by atoms with Crippen LogP contribution >= 0.6 is 0 Å². The standard InChI is InChI=1S/C23H24FN5O2S/c1-15-9-19(3-4-20(15)24)32(30,31)29-14-17(10-16(29)2)13-28-8-7-22-23(28)6-5-21(27-22)18-11-25-26-12-18/h3-9,11-12,16-17H,10,13-14H2,1-2H3,(H,25,26)/t16-,17+/m0/s1. The number of fused-ring (bicyclic) bond motifs is 1. The van der Waals surface area contributed by atoms with Crippen LogP contribution in [-0.2, 0) is 16.6 Å². The minimum atomic E-state index is -3.68. The van der Waals surface area contributed by atoms with Gasteiger partial charge in [-0.2, -0.15) is 9.40 Å². The highest BCUT2D eigenvalue weighted by Crippen LogP contribution is 2.32. The van der Waals surface area contributed by atoms with E-state index in [0.717, 1.165) is 28.7 Å². The summed E-state index contributed by atoms with van der Waals surface area (Å²) < 4.78 is 43.7. The molecular weight excluding hydrogens is 429 g/mol. The second kappa shape index (κ2) is 7.83. The molecule has 0 unspecified atom stereocenters. The number of sulfonamides is 1. The molecule has 32 heavy (non-hydrogen) atoms. The molecule has 1 saturated heterocycles. The van der Waals surface area contributed by atoms with Crippen LogP contribution < -0.4 is 0 Å². The van der Waals surface area contributed by atoms with Crippen molar-refractivity contribution in [3.8, 4) is 11.3 Å². The van der Waals surface area contributed by atoms with Crippen LogP contribution in [0.1, 0.15) is 18.9 Å². The first-order valence-corrected chi connectivity index (χ1v) is 12.0. The van der Waals surface area contributed by atoms with Gasteiger partial charge in [0.05, 0.1) is 27.8 Å². The van der Waals surface area contributed by atoms with Crippen molar-refractivity contribution in [2.75, 3.05) is 6.54 Å². The molecule has 0 saturated carbocycles. The number of benzene rings is 1. The second-order valence-electron chi connectivity index (χ2n) is 8.49. The van der Waals surface area contributed by atoms with E-state index >= 15 is 0 Å². The molecule has 2 atom stereocenters. The highest BCUT2D eigenvalue weighted by molar-refractivity contribution is 7.89. The van der Waals surface area contributed by atoms with Crippen molar-refractivity contribution in [1.29, 1.82) is 0 Å². The smallest absolute Gasteiger partial charge is 0.243 e. The Hall–Kier alpha value is -3.04. The SMILES string of the molecule is Cc1cc(S(=O)(=O)N2C[C@@H](Cn3ccc4nc(-c5cn[nH]c5)ccc43)C[C@@H]2C)ccc1F. The molecule has 5 rings (SSSR count). The zero-order valence-electron chi connectivity index (χ0n) is 17.9. The normalized spacial score (nSPS) is 19.7. The molecule has 0 bridgehead atoms. The molecule has 1 aromatic carbocycles. The van der Waals surface area contributed by atoms with Crippen LogP contribution in [0.2, 0.25) is 0 Å². The van der Waals surface area contributed by atoms with Gasteiger partial charge in [0.2, 0.25) is 10.0 Å². The van der Waals surface area contributed by atoms with Gasteiger partial charge in [-0.3, -0.25) is 5.10 Å². The molecule has 4 aromatic rings. The van der Waals surface area contributed by atoms with Gasteiger partial charge in [0, 0.05) is 37.1 Å². The number of rotatable bonds is 5. The molecule has 1 aliphatic heterocycles. The summed E-state index contributed by atoms with van der Waals surface area (Å²) >= 11 is 0. The zero-order valence-corrected chi connectivity index (χ0v) is 18.7. The van der Waals surface area contributed by atoms with E-state index in [2.05, 4.69) is 14.8 Å². The second-order valence-corrected chi connectivity index (χ2v) is 10.4. The van der Waals surface area contributed by atoms with E-state index in [0.29, 0.717) is 18.7 Å². The molecule has 0 aliphatic carbocycles. The maximum absolute atomic E-state index is 13.6. The molecule has 166 valence electrons. The fourth-order valence-electron chi connectivity index (χ4n) is 4.55. The number of pyridine rings is 1. The number of H-pyrrole nitrogens is 1. The first-order valence-electron chi connectivity index (χ1n) is 10.6. The van der Waals surface area contributed by atoms with E-state index in [9.17, 15) is 12.8 Å². The van der Waals surface area contributed by atoms with E-state index in [1.807, 2.05) is 37.5 Å². The molecule has 1 N–H and O–H groups in total. The average Bonchev–Trinajstić information content (AvgIpc) is 3.50. The third kappa shape index (κ3) is 3.61. The molecule has 1 aliphatic rings. The molecule has 4 heterocycles. The van der Waals surface area contributed by atoms with Crippen LogP contribution in [0, 0.1) is 18.7 Å². The topological polar surface area (TPSA) is 83.9 Å². The summed E-state index contributed by atoms with van der Waals surface area (Å²) in [7, 11) is -3.68. The lowest BCUT2D eigenvalue weighted by molar-refractivity contribution is 0.399. The van der Waals surface area contributed by atoms with E-state index in [1.165, 1.54) is 18.2 Å². The van der Waals surface area contributed by atoms with Gasteiger partial charge in [0.15, 0.2) is 0 Å². The largest absolute Gasteiger partial charge is 0.346 e. The van der Waals surface area contributed by atoms with E-state index in [-0.39, 0.29) is 16.9 Å². The van der Waals surface area contributed by atoms with Crippen LogP contribution in [0.25, 0.3) is 22.3 Å². The molecular formula is C23H24FN5O2S. The lowest BCUT2D eigenvalue weighted by atomic mass is 10.1. The summed E-state index contributed by atoms with van der Waals surface area (Å²) in [6.45, 7) is 4.64. The van der Waals surface area contributed by atoms with Crippen LogP contribution in [-0.4, -0.2) is 45.1 Å². The van der Waals surface area contributed by atoms with Crippen molar-refractivity contribution in [1.82, 2.24) is 24.1 Å². The fraction of sp³-hybridized carbons (Fsp3) is 0.304. The number of hydrogen-bond donors (Lipinski definition) is 1. The summed E-state index contributed by atoms with van der Waals surface area (Å²) in [4.78, 5) is 4.86. The van der Waals surface area contributed by atoms with Crippen LogP contribution in [0.5, 0.6) is 0 Å². The van der Waals surface area contributed by atoms with Gasteiger partial charge in [0.1, 0.15) is 5.82 Å². The summed E-state index contributed by atoms with van der Waals surface area (Å²) in [6, 6.07) is 9.84. The Balaban J connectivity index is 1.36. The number of nitrogens with one attached hydrogen (secondary N) is 1. The molecule has 7 nitrogen and oxygen atoms in total. The van der Waals surface area contributed by atoms with Gasteiger partial charge in [-0.15, -0.1) is 0 Å². The highest BCUT2D eigenvalue weighted by Gasteiger charge is 2.38.